The first-order valence-electron chi connectivity index (χ1n) is 11.2. The minimum absolute atomic E-state index is 0.0508. The Morgan fingerprint density at radius 1 is 1.14 bits per heavy atom. The van der Waals surface area contributed by atoms with Crippen molar-refractivity contribution in [1.82, 2.24) is 5.32 Å². The number of sulfonamides is 1. The highest BCUT2D eigenvalue weighted by molar-refractivity contribution is 9.10. The van der Waals surface area contributed by atoms with Crippen molar-refractivity contribution in [2.45, 2.75) is 45.0 Å². The van der Waals surface area contributed by atoms with Crippen LogP contribution in [-0.2, 0) is 19.2 Å². The Hall–Kier alpha value is -1.79. The van der Waals surface area contributed by atoms with Crippen molar-refractivity contribution in [3.8, 4) is 11.5 Å². The number of rotatable bonds is 13. The van der Waals surface area contributed by atoms with Crippen molar-refractivity contribution in [2.24, 2.45) is 0 Å². The maximum absolute atomic E-state index is 12.5. The number of phenols is 1. The topological polar surface area (TPSA) is 114 Å². The number of amides is 1. The Bertz CT molecular complexity index is 1120. The predicted molar refractivity (Wildman–Crippen MR) is 145 cm³/mol. The van der Waals surface area contributed by atoms with E-state index in [0.717, 1.165) is 28.9 Å². The zero-order chi connectivity index (χ0) is 26.2. The smallest absolute Gasteiger partial charge is 0.258 e. The average Bonchev–Trinajstić information content (AvgIpc) is 2.80. The molecule has 0 saturated heterocycles. The van der Waals surface area contributed by atoms with Gasteiger partial charge in [0.1, 0.15) is 11.5 Å². The molecule has 8 nitrogen and oxygen atoms in total. The second-order valence-corrected chi connectivity index (χ2v) is 16.0. The summed E-state index contributed by atoms with van der Waals surface area (Å²) in [5, 5.41) is 13.3. The molecule has 0 aliphatic heterocycles. The molecule has 2 rings (SSSR count). The van der Waals surface area contributed by atoms with Gasteiger partial charge in [-0.05, 0) is 54.0 Å². The van der Waals surface area contributed by atoms with Crippen molar-refractivity contribution in [3.05, 3.63) is 51.5 Å². The number of hydrogen-bond donors (Lipinski definition) is 3. The van der Waals surface area contributed by atoms with Crippen LogP contribution in [0, 0.1) is 0 Å². The van der Waals surface area contributed by atoms with Gasteiger partial charge in [-0.15, -0.1) is 0 Å². The van der Waals surface area contributed by atoms with Crippen LogP contribution in [0.5, 0.6) is 11.5 Å². The molecule has 12 heteroatoms. The molecule has 0 bridgehead atoms. The largest absolute Gasteiger partial charge is 0.506 e. The third-order valence-corrected chi connectivity index (χ3v) is 11.8. The third-order valence-electron chi connectivity index (χ3n) is 5.75. The van der Waals surface area contributed by atoms with E-state index < -0.39 is 24.4 Å². The fourth-order valence-corrected chi connectivity index (χ4v) is 7.67. The summed E-state index contributed by atoms with van der Waals surface area (Å²) in [5.41, 5.74) is 0.688. The maximum atomic E-state index is 12.5. The van der Waals surface area contributed by atoms with E-state index in [0.29, 0.717) is 16.3 Å². The van der Waals surface area contributed by atoms with Crippen LogP contribution in [0.2, 0.25) is 23.2 Å². The minimum Gasteiger partial charge on any atom is -0.506 e. The van der Waals surface area contributed by atoms with E-state index >= 15 is 0 Å². The van der Waals surface area contributed by atoms with E-state index in [1.807, 2.05) is 0 Å². The molecule has 2 aromatic carbocycles. The lowest BCUT2D eigenvalue weighted by atomic mass is 10.1. The molecule has 0 aliphatic rings. The average molecular weight is 608 g/mol. The summed E-state index contributed by atoms with van der Waals surface area (Å²) in [5.74, 6) is -0.170. The van der Waals surface area contributed by atoms with Gasteiger partial charge in [0.15, 0.2) is 14.9 Å². The predicted octanol–water partition coefficient (Wildman–Crippen LogP) is 5.44. The fourth-order valence-electron chi connectivity index (χ4n) is 3.56. The number of hydrogen-bond acceptors (Lipinski definition) is 6. The molecule has 35 heavy (non-hydrogen) atoms. The molecule has 0 radical (unpaired) electrons. The molecule has 2 aromatic rings. The van der Waals surface area contributed by atoms with E-state index in [9.17, 15) is 18.3 Å². The van der Waals surface area contributed by atoms with Gasteiger partial charge in [0.2, 0.25) is 10.0 Å². The zero-order valence-electron chi connectivity index (χ0n) is 20.2. The second-order valence-electron chi connectivity index (χ2n) is 8.17. The lowest BCUT2D eigenvalue weighted by Crippen LogP contribution is -2.41. The number of aromatic hydroxyl groups is 1. The summed E-state index contributed by atoms with van der Waals surface area (Å²) >= 11 is 9.47. The first-order chi connectivity index (χ1) is 16.4. The number of benzene rings is 2. The number of nitrogens with one attached hydrogen (secondary N) is 2. The fraction of sp³-hybridized carbons (Fsp3) is 0.435. The van der Waals surface area contributed by atoms with Crippen LogP contribution in [0.4, 0.5) is 5.69 Å². The minimum atomic E-state index is -3.60. The van der Waals surface area contributed by atoms with Crippen LogP contribution >= 0.6 is 27.5 Å². The standard InChI is InChI=1S/C23H32BrClN2O6SSi/c1-5-35(6-2,7-3)33-22(16-8-10-20(28)19(12-16)27-34(4,30)31)14-26-23(29)15-32-21-11-9-17(24)13-18(21)25/h8-13,22,27-28H,5-7,14-15H2,1-4H3,(H,26,29). The van der Waals surface area contributed by atoms with Crippen molar-refractivity contribution in [2.75, 3.05) is 24.1 Å². The summed E-state index contributed by atoms with van der Waals surface area (Å²) in [7, 11) is -5.70. The molecule has 1 unspecified atom stereocenters. The summed E-state index contributed by atoms with van der Waals surface area (Å²) in [6.45, 7) is 6.20. The Morgan fingerprint density at radius 2 is 1.80 bits per heavy atom. The molecule has 1 atom stereocenters. The molecular weight excluding hydrogens is 576 g/mol. The number of carbonyl (C=O) groups excluding carboxylic acids is 1. The van der Waals surface area contributed by atoms with Gasteiger partial charge >= 0.3 is 0 Å². The number of ether oxygens (including phenoxy) is 1. The van der Waals surface area contributed by atoms with E-state index in [1.54, 1.807) is 24.3 Å². The second kappa shape index (κ2) is 13.0. The van der Waals surface area contributed by atoms with Crippen LogP contribution in [0.3, 0.4) is 0 Å². The van der Waals surface area contributed by atoms with Gasteiger partial charge in [-0.25, -0.2) is 8.42 Å². The van der Waals surface area contributed by atoms with Gasteiger partial charge in [0.25, 0.3) is 5.91 Å². The number of anilines is 1. The van der Waals surface area contributed by atoms with Crippen LogP contribution in [-0.4, -0.2) is 47.2 Å². The molecule has 0 fully saturated rings. The molecular formula is C23H32BrClN2O6SSi. The summed E-state index contributed by atoms with van der Waals surface area (Å²) in [4.78, 5) is 12.5. The third kappa shape index (κ3) is 8.98. The van der Waals surface area contributed by atoms with Crippen molar-refractivity contribution in [1.29, 1.82) is 0 Å². The van der Waals surface area contributed by atoms with Crippen LogP contribution in [0.15, 0.2) is 40.9 Å². The first kappa shape index (κ1) is 29.4. The lowest BCUT2D eigenvalue weighted by molar-refractivity contribution is -0.123. The Labute approximate surface area is 221 Å². The van der Waals surface area contributed by atoms with Crippen molar-refractivity contribution < 1.29 is 27.5 Å². The quantitative estimate of drug-likeness (QED) is 0.206. The summed E-state index contributed by atoms with van der Waals surface area (Å²) < 4.78 is 38.7. The summed E-state index contributed by atoms with van der Waals surface area (Å²) in [6.07, 6.45) is 0.469. The van der Waals surface area contributed by atoms with Crippen LogP contribution < -0.4 is 14.8 Å². The van der Waals surface area contributed by atoms with Crippen molar-refractivity contribution >= 4 is 57.5 Å². The Balaban J connectivity index is 2.21. The van der Waals surface area contributed by atoms with Crippen LogP contribution in [0.1, 0.15) is 32.4 Å². The molecule has 0 saturated carbocycles. The molecule has 0 spiro atoms. The normalized spacial score (nSPS) is 12.7. The van der Waals surface area contributed by atoms with E-state index in [4.69, 9.17) is 20.8 Å². The lowest BCUT2D eigenvalue weighted by Gasteiger charge is -2.34. The zero-order valence-corrected chi connectivity index (χ0v) is 24.4. The van der Waals surface area contributed by atoms with Crippen molar-refractivity contribution in [3.63, 3.8) is 0 Å². The van der Waals surface area contributed by atoms with E-state index in [2.05, 4.69) is 46.7 Å². The van der Waals surface area contributed by atoms with Crippen LogP contribution in [0.25, 0.3) is 0 Å². The van der Waals surface area contributed by atoms with Gasteiger partial charge in [-0.2, -0.15) is 0 Å². The molecule has 0 aromatic heterocycles. The molecule has 0 aliphatic carbocycles. The summed E-state index contributed by atoms with van der Waals surface area (Å²) in [6, 6.07) is 12.4. The first-order valence-corrected chi connectivity index (χ1v) is 16.8. The van der Waals surface area contributed by atoms with Gasteiger partial charge in [-0.1, -0.05) is 54.4 Å². The highest BCUT2D eigenvalue weighted by atomic mass is 79.9. The van der Waals surface area contributed by atoms with E-state index in [1.165, 1.54) is 12.1 Å². The Morgan fingerprint density at radius 3 is 2.37 bits per heavy atom. The SMILES string of the molecule is CC[Si](CC)(CC)OC(CNC(=O)COc1ccc(Br)cc1Cl)c1ccc(O)c(NS(C)(=O)=O)c1. The highest BCUT2D eigenvalue weighted by Crippen LogP contribution is 2.33. The van der Waals surface area contributed by atoms with Gasteiger partial charge in [0.05, 0.1) is 23.1 Å². The van der Waals surface area contributed by atoms with Gasteiger partial charge in [-0.3, -0.25) is 9.52 Å². The van der Waals surface area contributed by atoms with E-state index in [-0.39, 0.29) is 30.5 Å². The Kier molecular flexibility index (Phi) is 10.9. The number of phenolic OH excluding ortho intramolecular Hbond substituents is 1. The van der Waals surface area contributed by atoms with Gasteiger partial charge < -0.3 is 19.6 Å². The molecule has 1 amide bonds. The molecule has 0 heterocycles. The highest BCUT2D eigenvalue weighted by Gasteiger charge is 2.33. The monoisotopic (exact) mass is 606 g/mol. The molecule has 3 N–H and O–H groups in total. The number of halogens is 2. The maximum Gasteiger partial charge on any atom is 0.258 e. The van der Waals surface area contributed by atoms with Gasteiger partial charge in [0, 0.05) is 11.0 Å². The number of carbonyl (C=O) groups is 1. The molecule has 194 valence electrons.